The number of benzene rings is 1. The normalized spacial score (nSPS) is 9.19. The molecule has 6 heteroatoms. The average molecular weight is 262 g/mol. The van der Waals surface area contributed by atoms with Crippen LogP contribution in [0.1, 0.15) is 21.5 Å². The van der Waals surface area contributed by atoms with E-state index in [1.54, 1.807) is 12.1 Å². The van der Waals surface area contributed by atoms with Crippen LogP contribution in [0.4, 0.5) is 0 Å². The zero-order valence-corrected chi connectivity index (χ0v) is 10.5. The van der Waals surface area contributed by atoms with Gasteiger partial charge >= 0.3 is 0 Å². The Labute approximate surface area is 105 Å². The van der Waals surface area contributed by atoms with Crippen LogP contribution in [-0.4, -0.2) is 11.9 Å². The molecule has 4 N–H and O–H groups in total. The van der Waals surface area contributed by atoms with E-state index >= 15 is 0 Å². The number of aliphatic imine (C=N–C) groups is 1. The van der Waals surface area contributed by atoms with Crippen LogP contribution in [0, 0.1) is 13.8 Å². The smallest absolute Gasteiger partial charge is 0.280 e. The Kier molecular flexibility index (Phi) is 5.27. The molecular weight excluding hydrogens is 249 g/mol. The number of aryl methyl sites for hydroxylation is 2. The van der Waals surface area contributed by atoms with Crippen molar-refractivity contribution in [3.8, 4) is 0 Å². The van der Waals surface area contributed by atoms with E-state index in [0.717, 1.165) is 11.1 Å². The topological polar surface area (TPSA) is 81.5 Å². The summed E-state index contributed by atoms with van der Waals surface area (Å²) < 4.78 is 0. The molecule has 0 bridgehead atoms. The van der Waals surface area contributed by atoms with Crippen molar-refractivity contribution in [3.63, 3.8) is 0 Å². The first-order valence-electron chi connectivity index (χ1n) is 4.32. The number of amides is 1. The first kappa shape index (κ1) is 14.7. The van der Waals surface area contributed by atoms with E-state index in [1.807, 2.05) is 13.8 Å². The number of hydrogen-bond donors (Lipinski definition) is 2. The predicted molar refractivity (Wildman–Crippen MR) is 68.3 cm³/mol. The van der Waals surface area contributed by atoms with Gasteiger partial charge in [-0.2, -0.15) is 4.99 Å². The van der Waals surface area contributed by atoms with E-state index in [-0.39, 0.29) is 18.4 Å². The summed E-state index contributed by atoms with van der Waals surface area (Å²) in [6.45, 7) is 3.64. The molecule has 1 aromatic carbocycles. The average Bonchev–Trinajstić information content (AvgIpc) is 2.12. The second-order valence-corrected chi connectivity index (χ2v) is 3.64. The standard InChI is InChI=1S/C10H12ClN3O.ClH/c1-5-3-7(4-6(2)8(5)11)9(15)14-10(12)13;/h3-4H,1-2H3,(H4,12,13,14,15);1H. The second kappa shape index (κ2) is 5.72. The van der Waals surface area contributed by atoms with Crippen molar-refractivity contribution in [1.29, 1.82) is 0 Å². The predicted octanol–water partition coefficient (Wildman–Crippen LogP) is 1.79. The van der Waals surface area contributed by atoms with Crippen LogP contribution in [0.3, 0.4) is 0 Å². The van der Waals surface area contributed by atoms with Gasteiger partial charge in [0.25, 0.3) is 5.91 Å². The highest BCUT2D eigenvalue weighted by molar-refractivity contribution is 6.32. The van der Waals surface area contributed by atoms with E-state index in [1.165, 1.54) is 0 Å². The summed E-state index contributed by atoms with van der Waals surface area (Å²) in [5.74, 6) is -0.705. The van der Waals surface area contributed by atoms with Crippen molar-refractivity contribution in [1.82, 2.24) is 0 Å². The maximum atomic E-state index is 11.5. The Morgan fingerprint density at radius 1 is 1.25 bits per heavy atom. The van der Waals surface area contributed by atoms with E-state index in [4.69, 9.17) is 23.1 Å². The fraction of sp³-hybridized carbons (Fsp3) is 0.200. The molecule has 0 saturated heterocycles. The third kappa shape index (κ3) is 3.40. The van der Waals surface area contributed by atoms with Gasteiger partial charge < -0.3 is 11.5 Å². The minimum absolute atomic E-state index is 0. The van der Waals surface area contributed by atoms with Crippen LogP contribution < -0.4 is 11.5 Å². The molecule has 0 saturated carbocycles. The van der Waals surface area contributed by atoms with Gasteiger partial charge in [-0.05, 0) is 37.1 Å². The molecule has 1 amide bonds. The highest BCUT2D eigenvalue weighted by Crippen LogP contribution is 2.22. The number of rotatable bonds is 1. The minimum atomic E-state index is -0.460. The molecule has 16 heavy (non-hydrogen) atoms. The van der Waals surface area contributed by atoms with E-state index < -0.39 is 5.91 Å². The lowest BCUT2D eigenvalue weighted by Gasteiger charge is -2.04. The first-order chi connectivity index (χ1) is 6.91. The van der Waals surface area contributed by atoms with Gasteiger partial charge in [-0.1, -0.05) is 11.6 Å². The Morgan fingerprint density at radius 3 is 2.06 bits per heavy atom. The molecule has 0 aliphatic heterocycles. The Balaban J connectivity index is 0.00000225. The third-order valence-corrected chi connectivity index (χ3v) is 2.51. The molecule has 0 aliphatic carbocycles. The molecule has 0 unspecified atom stereocenters. The zero-order valence-electron chi connectivity index (χ0n) is 8.95. The van der Waals surface area contributed by atoms with Crippen LogP contribution in [0.25, 0.3) is 0 Å². The lowest BCUT2D eigenvalue weighted by Crippen LogP contribution is -2.24. The fourth-order valence-electron chi connectivity index (χ4n) is 1.25. The van der Waals surface area contributed by atoms with Crippen LogP contribution >= 0.6 is 24.0 Å². The van der Waals surface area contributed by atoms with Crippen LogP contribution in [-0.2, 0) is 0 Å². The number of guanidine groups is 1. The van der Waals surface area contributed by atoms with Crippen molar-refractivity contribution in [2.75, 3.05) is 0 Å². The molecule has 0 aliphatic rings. The Morgan fingerprint density at radius 2 is 1.69 bits per heavy atom. The summed E-state index contributed by atoms with van der Waals surface area (Å²) in [6, 6.07) is 3.31. The fourth-order valence-corrected chi connectivity index (χ4v) is 1.36. The first-order valence-corrected chi connectivity index (χ1v) is 4.70. The lowest BCUT2D eigenvalue weighted by molar-refractivity contribution is 0.100. The van der Waals surface area contributed by atoms with Gasteiger partial charge in [0.15, 0.2) is 5.96 Å². The van der Waals surface area contributed by atoms with E-state index in [9.17, 15) is 4.79 Å². The third-order valence-electron chi connectivity index (χ3n) is 1.91. The lowest BCUT2D eigenvalue weighted by atomic mass is 10.1. The SMILES string of the molecule is Cc1cc(C(=O)N=C(N)N)cc(C)c1Cl.Cl. The quantitative estimate of drug-likeness (QED) is 0.598. The van der Waals surface area contributed by atoms with Crippen LogP contribution in [0.5, 0.6) is 0 Å². The number of carbonyl (C=O) groups is 1. The molecule has 88 valence electrons. The summed E-state index contributed by atoms with van der Waals surface area (Å²) in [4.78, 5) is 14.9. The van der Waals surface area contributed by atoms with Crippen molar-refractivity contribution in [2.24, 2.45) is 16.5 Å². The van der Waals surface area contributed by atoms with Gasteiger partial charge in [-0.25, -0.2) is 0 Å². The zero-order chi connectivity index (χ0) is 11.6. The van der Waals surface area contributed by atoms with Gasteiger partial charge in [-0.3, -0.25) is 4.79 Å². The van der Waals surface area contributed by atoms with E-state index in [2.05, 4.69) is 4.99 Å². The van der Waals surface area contributed by atoms with Gasteiger partial charge in [0.05, 0.1) is 0 Å². The highest BCUT2D eigenvalue weighted by atomic mass is 35.5. The van der Waals surface area contributed by atoms with Gasteiger partial charge in [0.1, 0.15) is 0 Å². The number of nitrogens with two attached hydrogens (primary N) is 2. The molecule has 0 radical (unpaired) electrons. The molecule has 0 spiro atoms. The van der Waals surface area contributed by atoms with Gasteiger partial charge in [0, 0.05) is 10.6 Å². The highest BCUT2D eigenvalue weighted by Gasteiger charge is 2.08. The summed E-state index contributed by atoms with van der Waals surface area (Å²) in [5, 5.41) is 0.649. The maximum Gasteiger partial charge on any atom is 0.280 e. The number of hydrogen-bond acceptors (Lipinski definition) is 1. The van der Waals surface area contributed by atoms with Crippen molar-refractivity contribution >= 4 is 35.9 Å². The molecule has 0 atom stereocenters. The number of halogens is 2. The summed E-state index contributed by atoms with van der Waals surface area (Å²) in [5.41, 5.74) is 12.3. The molecular formula is C10H13Cl2N3O. The molecule has 0 heterocycles. The molecule has 1 rings (SSSR count). The van der Waals surface area contributed by atoms with Gasteiger partial charge in [-0.15, -0.1) is 12.4 Å². The van der Waals surface area contributed by atoms with Gasteiger partial charge in [0.2, 0.25) is 0 Å². The minimum Gasteiger partial charge on any atom is -0.370 e. The van der Waals surface area contributed by atoms with Crippen molar-refractivity contribution in [2.45, 2.75) is 13.8 Å². The monoisotopic (exact) mass is 261 g/mol. The van der Waals surface area contributed by atoms with Crippen molar-refractivity contribution < 1.29 is 4.79 Å². The Bertz CT molecular complexity index is 417. The van der Waals surface area contributed by atoms with Crippen molar-refractivity contribution in [3.05, 3.63) is 33.8 Å². The molecule has 4 nitrogen and oxygen atoms in total. The molecule has 1 aromatic rings. The largest absolute Gasteiger partial charge is 0.370 e. The Hall–Kier alpha value is -1.26. The summed E-state index contributed by atoms with van der Waals surface area (Å²) in [6.07, 6.45) is 0. The molecule has 0 fully saturated rings. The molecule has 0 aromatic heterocycles. The van der Waals surface area contributed by atoms with E-state index in [0.29, 0.717) is 10.6 Å². The van der Waals surface area contributed by atoms with Crippen LogP contribution in [0.15, 0.2) is 17.1 Å². The summed E-state index contributed by atoms with van der Waals surface area (Å²) >= 11 is 5.96. The summed E-state index contributed by atoms with van der Waals surface area (Å²) in [7, 11) is 0. The number of carbonyl (C=O) groups excluding carboxylic acids is 1. The maximum absolute atomic E-state index is 11.5. The van der Waals surface area contributed by atoms with Crippen LogP contribution in [0.2, 0.25) is 5.02 Å². The second-order valence-electron chi connectivity index (χ2n) is 3.27. The number of nitrogens with zero attached hydrogens (tertiary/aromatic N) is 1.